The van der Waals surface area contributed by atoms with E-state index in [1.54, 1.807) is 11.8 Å². The van der Waals surface area contributed by atoms with Gasteiger partial charge in [-0.1, -0.05) is 13.0 Å². The van der Waals surface area contributed by atoms with Gasteiger partial charge in [0, 0.05) is 24.2 Å². The molecule has 15 heavy (non-hydrogen) atoms. The summed E-state index contributed by atoms with van der Waals surface area (Å²) in [6.07, 6.45) is 3.19. The van der Waals surface area contributed by atoms with E-state index in [1.807, 2.05) is 6.08 Å². The molecule has 3 nitrogen and oxygen atoms in total. The van der Waals surface area contributed by atoms with Crippen molar-refractivity contribution in [1.29, 1.82) is 5.26 Å². The Morgan fingerprint density at radius 3 is 3.07 bits per heavy atom. The van der Waals surface area contributed by atoms with Gasteiger partial charge in [0.05, 0.1) is 6.07 Å². The van der Waals surface area contributed by atoms with Gasteiger partial charge >= 0.3 is 5.97 Å². The maximum atomic E-state index is 10.9. The third-order valence-corrected chi connectivity index (χ3v) is 3.51. The predicted molar refractivity (Wildman–Crippen MR) is 60.4 cm³/mol. The second-order valence-electron chi connectivity index (χ2n) is 3.42. The normalized spacial score (nSPS) is 25.3. The fourth-order valence-corrected chi connectivity index (χ4v) is 2.76. The molecule has 0 radical (unpaired) electrons. The first kappa shape index (κ1) is 12.1. The Bertz CT molecular complexity index is 306. The van der Waals surface area contributed by atoms with E-state index in [0.29, 0.717) is 12.8 Å². The van der Waals surface area contributed by atoms with E-state index in [2.05, 4.69) is 13.0 Å². The first-order chi connectivity index (χ1) is 7.17. The fourth-order valence-electron chi connectivity index (χ4n) is 1.65. The quantitative estimate of drug-likeness (QED) is 0.691. The summed E-state index contributed by atoms with van der Waals surface area (Å²) in [5, 5.41) is 9.04. The Hall–Kier alpha value is -0.950. The number of thioether (sulfide) groups is 1. The zero-order valence-electron chi connectivity index (χ0n) is 9.03. The Kier molecular flexibility index (Phi) is 4.70. The predicted octanol–water partition coefficient (Wildman–Crippen LogP) is 2.28. The summed E-state index contributed by atoms with van der Waals surface area (Å²) in [6, 6.07) is 2.17. The van der Waals surface area contributed by atoms with E-state index in [4.69, 9.17) is 10.00 Å². The molecular formula is C11H15NO2S. The van der Waals surface area contributed by atoms with E-state index >= 15 is 0 Å². The number of esters is 1. The molecule has 0 fully saturated rings. The van der Waals surface area contributed by atoms with Crippen molar-refractivity contribution < 1.29 is 9.53 Å². The fraction of sp³-hybridized carbons (Fsp3) is 0.636. The van der Waals surface area contributed by atoms with E-state index in [9.17, 15) is 4.79 Å². The molecule has 1 aliphatic rings. The Labute approximate surface area is 94.5 Å². The third kappa shape index (κ3) is 3.60. The Morgan fingerprint density at radius 2 is 2.53 bits per heavy atom. The number of nitriles is 1. The highest BCUT2D eigenvalue weighted by Crippen LogP contribution is 2.30. The monoisotopic (exact) mass is 225 g/mol. The van der Waals surface area contributed by atoms with Crippen LogP contribution < -0.4 is 0 Å². The summed E-state index contributed by atoms with van der Waals surface area (Å²) in [5.41, 5.74) is 0.810. The molecule has 0 aromatic heterocycles. The molecule has 4 heteroatoms. The van der Waals surface area contributed by atoms with Gasteiger partial charge in [0.2, 0.25) is 0 Å². The highest BCUT2D eigenvalue weighted by atomic mass is 32.2. The lowest BCUT2D eigenvalue weighted by Crippen LogP contribution is -2.31. The Morgan fingerprint density at radius 1 is 1.80 bits per heavy atom. The highest BCUT2D eigenvalue weighted by molar-refractivity contribution is 7.99. The molecule has 0 bridgehead atoms. The lowest BCUT2D eigenvalue weighted by Gasteiger charge is -2.28. The molecule has 1 aliphatic carbocycles. The van der Waals surface area contributed by atoms with Gasteiger partial charge in [-0.05, 0) is 12.2 Å². The van der Waals surface area contributed by atoms with Gasteiger partial charge in [0.25, 0.3) is 0 Å². The molecule has 1 rings (SSSR count). The number of carbonyl (C=O) groups is 1. The van der Waals surface area contributed by atoms with E-state index in [-0.39, 0.29) is 17.3 Å². The van der Waals surface area contributed by atoms with Crippen molar-refractivity contribution in [3.63, 3.8) is 0 Å². The van der Waals surface area contributed by atoms with Crippen LogP contribution in [0.25, 0.3) is 0 Å². The number of allylic oxidation sites excluding steroid dienone is 1. The molecule has 0 amide bonds. The van der Waals surface area contributed by atoms with Crippen LogP contribution in [0, 0.1) is 11.3 Å². The molecule has 0 heterocycles. The van der Waals surface area contributed by atoms with Crippen LogP contribution in [-0.4, -0.2) is 23.1 Å². The number of rotatable bonds is 3. The summed E-state index contributed by atoms with van der Waals surface area (Å²) < 4.78 is 5.24. The molecule has 0 unspecified atom stereocenters. The zero-order valence-corrected chi connectivity index (χ0v) is 9.84. The van der Waals surface area contributed by atoms with Crippen LogP contribution in [0.3, 0.4) is 0 Å². The summed E-state index contributed by atoms with van der Waals surface area (Å²) in [5.74, 6) is 0.733. The Balaban J connectivity index is 2.65. The van der Waals surface area contributed by atoms with Gasteiger partial charge in [-0.2, -0.15) is 17.0 Å². The van der Waals surface area contributed by atoms with Crippen LogP contribution in [0.15, 0.2) is 11.6 Å². The van der Waals surface area contributed by atoms with Crippen LogP contribution in [0.4, 0.5) is 0 Å². The molecule has 0 saturated heterocycles. The number of hydrogen-bond acceptors (Lipinski definition) is 4. The molecular weight excluding hydrogens is 210 g/mol. The maximum absolute atomic E-state index is 10.9. The minimum atomic E-state index is -0.240. The van der Waals surface area contributed by atoms with Gasteiger partial charge in [0.15, 0.2) is 0 Å². The van der Waals surface area contributed by atoms with Crippen molar-refractivity contribution in [1.82, 2.24) is 0 Å². The van der Waals surface area contributed by atoms with Gasteiger partial charge < -0.3 is 4.74 Å². The average molecular weight is 225 g/mol. The SMILES string of the molecule is CCS[C@H]1CC(C#N)=CC[C@@H]1OC(C)=O. The molecule has 0 N–H and O–H groups in total. The first-order valence-corrected chi connectivity index (χ1v) is 6.10. The van der Waals surface area contributed by atoms with Crippen molar-refractivity contribution in [2.45, 2.75) is 38.0 Å². The average Bonchev–Trinajstić information content (AvgIpc) is 2.20. The second kappa shape index (κ2) is 5.82. The second-order valence-corrected chi connectivity index (χ2v) is 4.94. The van der Waals surface area contributed by atoms with Crippen LogP contribution in [0.5, 0.6) is 0 Å². The third-order valence-electron chi connectivity index (χ3n) is 2.27. The zero-order chi connectivity index (χ0) is 11.3. The van der Waals surface area contributed by atoms with Gasteiger partial charge in [-0.15, -0.1) is 0 Å². The van der Waals surface area contributed by atoms with Crippen LogP contribution in [0.1, 0.15) is 26.7 Å². The highest BCUT2D eigenvalue weighted by Gasteiger charge is 2.28. The minimum Gasteiger partial charge on any atom is -0.461 e. The van der Waals surface area contributed by atoms with Crippen LogP contribution in [0.2, 0.25) is 0 Å². The summed E-state index contributed by atoms with van der Waals surface area (Å²) in [6.45, 7) is 3.50. The molecule has 0 saturated carbocycles. The largest absolute Gasteiger partial charge is 0.461 e. The number of nitrogens with zero attached hydrogens (tertiary/aromatic N) is 1. The van der Waals surface area contributed by atoms with E-state index in [0.717, 1.165) is 11.3 Å². The van der Waals surface area contributed by atoms with Gasteiger partial charge in [-0.3, -0.25) is 4.79 Å². The number of carbonyl (C=O) groups excluding carboxylic acids is 1. The molecule has 0 spiro atoms. The lowest BCUT2D eigenvalue weighted by molar-refractivity contribution is -0.146. The van der Waals surface area contributed by atoms with Gasteiger partial charge in [-0.25, -0.2) is 0 Å². The number of hydrogen-bond donors (Lipinski definition) is 0. The molecule has 82 valence electrons. The minimum absolute atomic E-state index is 0.0652. The lowest BCUT2D eigenvalue weighted by atomic mass is 9.97. The molecule has 0 aliphatic heterocycles. The first-order valence-electron chi connectivity index (χ1n) is 5.05. The number of ether oxygens (including phenoxy) is 1. The van der Waals surface area contributed by atoms with Crippen LogP contribution in [-0.2, 0) is 9.53 Å². The van der Waals surface area contributed by atoms with Crippen molar-refractivity contribution >= 4 is 17.7 Å². The van der Waals surface area contributed by atoms with Crippen molar-refractivity contribution in [2.75, 3.05) is 5.75 Å². The topological polar surface area (TPSA) is 50.1 Å². The maximum Gasteiger partial charge on any atom is 0.302 e. The van der Waals surface area contributed by atoms with Crippen molar-refractivity contribution in [3.8, 4) is 6.07 Å². The van der Waals surface area contributed by atoms with Crippen LogP contribution >= 0.6 is 11.8 Å². The smallest absolute Gasteiger partial charge is 0.302 e. The van der Waals surface area contributed by atoms with E-state index in [1.165, 1.54) is 6.92 Å². The summed E-state index contributed by atoms with van der Waals surface area (Å²) >= 11 is 1.75. The molecule has 0 aromatic carbocycles. The van der Waals surface area contributed by atoms with Gasteiger partial charge in [0.1, 0.15) is 6.10 Å². The molecule has 0 aromatic rings. The summed E-state index contributed by atoms with van der Waals surface area (Å²) in [4.78, 5) is 10.9. The summed E-state index contributed by atoms with van der Waals surface area (Å²) in [7, 11) is 0. The van der Waals surface area contributed by atoms with Crippen molar-refractivity contribution in [2.24, 2.45) is 0 Å². The molecule has 2 atom stereocenters. The standard InChI is InChI=1S/C11H15NO2S/c1-3-15-11-6-9(7-12)4-5-10(11)14-8(2)13/h4,10-11H,3,5-6H2,1-2H3/t10-,11-/m0/s1. The van der Waals surface area contributed by atoms with E-state index < -0.39 is 0 Å². The van der Waals surface area contributed by atoms with Crippen molar-refractivity contribution in [3.05, 3.63) is 11.6 Å².